The van der Waals surface area contributed by atoms with Crippen molar-refractivity contribution < 1.29 is 24.2 Å². The van der Waals surface area contributed by atoms with E-state index in [-0.39, 0.29) is 18.9 Å². The molecule has 0 spiro atoms. The smallest absolute Gasteiger partial charge is 0.308 e. The number of nitrogens with zero attached hydrogens (tertiary/aromatic N) is 1. The summed E-state index contributed by atoms with van der Waals surface area (Å²) in [4.78, 5) is 25.3. The number of benzene rings is 1. The molecule has 1 unspecified atom stereocenters. The number of carbonyl (C=O) groups excluding carboxylic acids is 1. The van der Waals surface area contributed by atoms with E-state index in [0.717, 1.165) is 16.5 Å². The molecule has 0 radical (unpaired) electrons. The van der Waals surface area contributed by atoms with Gasteiger partial charge in [0.2, 0.25) is 5.91 Å². The lowest BCUT2D eigenvalue weighted by atomic mass is 9.97. The molecule has 23 heavy (non-hydrogen) atoms. The third-order valence-corrected chi connectivity index (χ3v) is 4.91. The maximum atomic E-state index is 12.5. The van der Waals surface area contributed by atoms with E-state index in [1.807, 2.05) is 12.1 Å². The van der Waals surface area contributed by atoms with Crippen LogP contribution in [0.5, 0.6) is 11.5 Å². The highest BCUT2D eigenvalue weighted by molar-refractivity contribution is 9.10. The van der Waals surface area contributed by atoms with Gasteiger partial charge >= 0.3 is 5.97 Å². The van der Waals surface area contributed by atoms with E-state index >= 15 is 0 Å². The zero-order valence-corrected chi connectivity index (χ0v) is 14.2. The predicted molar refractivity (Wildman–Crippen MR) is 85.8 cm³/mol. The molecule has 6 nitrogen and oxygen atoms in total. The second-order valence-electron chi connectivity index (χ2n) is 5.78. The van der Waals surface area contributed by atoms with Gasteiger partial charge in [0.1, 0.15) is 13.2 Å². The number of rotatable bonds is 3. The highest BCUT2D eigenvalue weighted by Crippen LogP contribution is 2.36. The van der Waals surface area contributed by atoms with E-state index < -0.39 is 11.9 Å². The van der Waals surface area contributed by atoms with Gasteiger partial charge in [0, 0.05) is 17.6 Å². The summed E-state index contributed by atoms with van der Waals surface area (Å²) in [6.07, 6.45) is 1.57. The molecule has 2 heterocycles. The first kappa shape index (κ1) is 16.1. The Labute approximate surface area is 142 Å². The average Bonchev–Trinajstić information content (AvgIpc) is 2.55. The van der Waals surface area contributed by atoms with E-state index in [9.17, 15) is 9.59 Å². The molecule has 1 aromatic rings. The molecule has 1 atom stereocenters. The maximum Gasteiger partial charge on any atom is 0.308 e. The average molecular weight is 384 g/mol. The van der Waals surface area contributed by atoms with Gasteiger partial charge in [-0.25, -0.2) is 0 Å². The number of likely N-dealkylation sites (tertiary alicyclic amines) is 1. The van der Waals surface area contributed by atoms with Gasteiger partial charge in [0.05, 0.1) is 12.3 Å². The first-order valence-electron chi connectivity index (χ1n) is 7.63. The number of hydrogen-bond donors (Lipinski definition) is 1. The fraction of sp³-hybridized carbons (Fsp3) is 0.500. The van der Waals surface area contributed by atoms with E-state index in [1.165, 1.54) is 0 Å². The Balaban J connectivity index is 1.71. The molecule has 124 valence electrons. The number of ether oxygens (including phenoxy) is 2. The highest BCUT2D eigenvalue weighted by Gasteiger charge is 2.28. The lowest BCUT2D eigenvalue weighted by molar-refractivity contribution is -0.145. The third-order valence-electron chi connectivity index (χ3n) is 4.18. The molecule has 0 bridgehead atoms. The third kappa shape index (κ3) is 3.60. The van der Waals surface area contributed by atoms with Crippen molar-refractivity contribution in [2.75, 3.05) is 26.3 Å². The number of fused-ring (bicyclic) bond motifs is 1. The van der Waals surface area contributed by atoms with Crippen LogP contribution in [0.2, 0.25) is 0 Å². The standard InChI is InChI=1S/C16H18BrNO5/c17-12-8-14-13(22-4-5-23-14)6-11(12)7-15(19)18-3-1-2-10(9-18)16(20)21/h6,8,10H,1-5,7,9H2,(H,20,21). The van der Waals surface area contributed by atoms with Crippen LogP contribution in [0.25, 0.3) is 0 Å². The van der Waals surface area contributed by atoms with Crippen molar-refractivity contribution in [1.82, 2.24) is 4.90 Å². The number of carbonyl (C=O) groups is 2. The van der Waals surface area contributed by atoms with E-state index in [1.54, 1.807) is 4.90 Å². The molecule has 3 rings (SSSR count). The number of carboxylic acid groups (broad SMARTS) is 1. The second-order valence-corrected chi connectivity index (χ2v) is 6.64. The van der Waals surface area contributed by atoms with Crippen LogP contribution in [-0.4, -0.2) is 48.2 Å². The quantitative estimate of drug-likeness (QED) is 0.864. The SMILES string of the molecule is O=C(O)C1CCCN(C(=O)Cc2cc3c(cc2Br)OCCO3)C1. The predicted octanol–water partition coefficient (Wildman–Crippen LogP) is 2.09. The van der Waals surface area contributed by atoms with E-state index in [4.69, 9.17) is 14.6 Å². The first-order chi connectivity index (χ1) is 11.0. The van der Waals surface area contributed by atoms with Crippen LogP contribution in [0.1, 0.15) is 18.4 Å². The van der Waals surface area contributed by atoms with E-state index in [0.29, 0.717) is 37.7 Å². The van der Waals surface area contributed by atoms with Crippen molar-refractivity contribution in [3.63, 3.8) is 0 Å². The molecule has 0 saturated carbocycles. The van der Waals surface area contributed by atoms with Crippen LogP contribution in [0, 0.1) is 5.92 Å². The Bertz CT molecular complexity index is 633. The monoisotopic (exact) mass is 383 g/mol. The highest BCUT2D eigenvalue weighted by atomic mass is 79.9. The van der Waals surface area contributed by atoms with Crippen molar-refractivity contribution in [2.24, 2.45) is 5.92 Å². The van der Waals surface area contributed by atoms with Gasteiger partial charge in [-0.2, -0.15) is 0 Å². The van der Waals surface area contributed by atoms with Crippen molar-refractivity contribution >= 4 is 27.8 Å². The van der Waals surface area contributed by atoms with Gasteiger partial charge < -0.3 is 19.5 Å². The number of amides is 1. The first-order valence-corrected chi connectivity index (χ1v) is 8.42. The Hall–Kier alpha value is -1.76. The Morgan fingerprint density at radius 3 is 2.65 bits per heavy atom. The van der Waals surface area contributed by atoms with Crippen molar-refractivity contribution in [3.8, 4) is 11.5 Å². The largest absolute Gasteiger partial charge is 0.486 e. The number of piperidine rings is 1. The zero-order chi connectivity index (χ0) is 16.4. The molecule has 2 aliphatic heterocycles. The topological polar surface area (TPSA) is 76.1 Å². The summed E-state index contributed by atoms with van der Waals surface area (Å²) in [6.45, 7) is 1.91. The summed E-state index contributed by atoms with van der Waals surface area (Å²) in [6, 6.07) is 3.63. The van der Waals surface area contributed by atoms with Gasteiger partial charge in [-0.3, -0.25) is 9.59 Å². The molecule has 1 amide bonds. The van der Waals surface area contributed by atoms with Gasteiger partial charge in [0.15, 0.2) is 11.5 Å². The normalized spacial score (nSPS) is 20.2. The molecule has 7 heteroatoms. The lowest BCUT2D eigenvalue weighted by Crippen LogP contribution is -2.43. The minimum Gasteiger partial charge on any atom is -0.486 e. The van der Waals surface area contributed by atoms with Gasteiger partial charge in [-0.15, -0.1) is 0 Å². The molecular formula is C16H18BrNO5. The fourth-order valence-electron chi connectivity index (χ4n) is 2.92. The van der Waals surface area contributed by atoms with Crippen LogP contribution >= 0.6 is 15.9 Å². The van der Waals surface area contributed by atoms with E-state index in [2.05, 4.69) is 15.9 Å². The summed E-state index contributed by atoms with van der Waals surface area (Å²) in [5, 5.41) is 9.13. The van der Waals surface area contributed by atoms with Crippen molar-refractivity contribution in [3.05, 3.63) is 22.2 Å². The molecule has 0 aliphatic carbocycles. The molecule has 1 N–H and O–H groups in total. The van der Waals surface area contributed by atoms with Crippen molar-refractivity contribution in [1.29, 1.82) is 0 Å². The summed E-state index contributed by atoms with van der Waals surface area (Å²) < 4.78 is 11.8. The lowest BCUT2D eigenvalue weighted by Gasteiger charge is -2.31. The van der Waals surface area contributed by atoms with Gasteiger partial charge in [-0.1, -0.05) is 15.9 Å². The Morgan fingerprint density at radius 1 is 1.26 bits per heavy atom. The van der Waals surface area contributed by atoms with Gasteiger partial charge in [-0.05, 0) is 30.5 Å². The van der Waals surface area contributed by atoms with Gasteiger partial charge in [0.25, 0.3) is 0 Å². The summed E-state index contributed by atoms with van der Waals surface area (Å²) in [7, 11) is 0. The van der Waals surface area contributed by atoms with Crippen LogP contribution in [-0.2, 0) is 16.0 Å². The number of hydrogen-bond acceptors (Lipinski definition) is 4. The minimum atomic E-state index is -0.831. The summed E-state index contributed by atoms with van der Waals surface area (Å²) in [5.41, 5.74) is 0.816. The molecule has 1 fully saturated rings. The maximum absolute atomic E-state index is 12.5. The van der Waals surface area contributed by atoms with Crippen LogP contribution < -0.4 is 9.47 Å². The molecule has 0 aromatic heterocycles. The summed E-state index contributed by atoms with van der Waals surface area (Å²) in [5.74, 6) is -0.0414. The fourth-order valence-corrected chi connectivity index (χ4v) is 3.38. The Kier molecular flexibility index (Phi) is 4.75. The molecule has 1 aromatic carbocycles. The number of aliphatic carboxylic acids is 1. The molecule has 1 saturated heterocycles. The molecular weight excluding hydrogens is 366 g/mol. The zero-order valence-electron chi connectivity index (χ0n) is 12.6. The van der Waals surface area contributed by atoms with Crippen LogP contribution in [0.15, 0.2) is 16.6 Å². The molecule has 2 aliphatic rings. The number of carboxylic acids is 1. The second kappa shape index (κ2) is 6.78. The van der Waals surface area contributed by atoms with Crippen LogP contribution in [0.4, 0.5) is 0 Å². The van der Waals surface area contributed by atoms with Crippen LogP contribution in [0.3, 0.4) is 0 Å². The number of halogens is 1. The minimum absolute atomic E-state index is 0.0617. The Morgan fingerprint density at radius 2 is 1.96 bits per heavy atom. The van der Waals surface area contributed by atoms with Crippen molar-refractivity contribution in [2.45, 2.75) is 19.3 Å². The summed E-state index contributed by atoms with van der Waals surface area (Å²) >= 11 is 3.46.